The lowest BCUT2D eigenvalue weighted by molar-refractivity contribution is -0.0579. The van der Waals surface area contributed by atoms with E-state index < -0.39 is 91.6 Å². The number of hydrogen-bond donors (Lipinski definition) is 6. The van der Waals surface area contributed by atoms with E-state index in [4.69, 9.17) is 30.3 Å². The molecular formula is C18H22FN4O12PS. The molecule has 2 aliphatic heterocycles. The second-order valence-electron chi connectivity index (χ2n) is 8.11. The molecule has 0 aromatic carbocycles. The van der Waals surface area contributed by atoms with Gasteiger partial charge >= 0.3 is 18.1 Å². The number of nitrogens with one attached hydrogen (secondary N) is 2. The monoisotopic (exact) mass is 568 g/mol. The molecule has 0 amide bonds. The first kappa shape index (κ1) is 27.6. The fourth-order valence-electron chi connectivity index (χ4n) is 3.89. The van der Waals surface area contributed by atoms with Gasteiger partial charge in [0, 0.05) is 24.5 Å². The van der Waals surface area contributed by atoms with Crippen molar-refractivity contribution >= 4 is 18.5 Å². The molecule has 204 valence electrons. The summed E-state index contributed by atoms with van der Waals surface area (Å²) in [4.78, 5) is 60.9. The average molecular weight is 568 g/mol. The summed E-state index contributed by atoms with van der Waals surface area (Å²) in [6, 6.07) is 1.95. The van der Waals surface area contributed by atoms with Gasteiger partial charge in [0.1, 0.15) is 30.5 Å². The quantitative estimate of drug-likeness (QED) is 0.171. The number of hydrogen-bond acceptors (Lipinski definition) is 12. The second kappa shape index (κ2) is 10.8. The van der Waals surface area contributed by atoms with Crippen molar-refractivity contribution in [2.45, 2.75) is 49.1 Å². The molecule has 9 atom stereocenters. The summed E-state index contributed by atoms with van der Waals surface area (Å²) in [6.07, 6.45) is -10.8. The molecule has 0 aliphatic carbocycles. The zero-order valence-corrected chi connectivity index (χ0v) is 20.2. The maximum atomic E-state index is 15.2. The van der Waals surface area contributed by atoms with Crippen LogP contribution in [0.4, 0.5) is 4.39 Å². The van der Waals surface area contributed by atoms with Crippen LogP contribution < -0.4 is 22.5 Å². The second-order valence-corrected chi connectivity index (χ2v) is 10.9. The molecule has 0 saturated carbocycles. The van der Waals surface area contributed by atoms with Gasteiger partial charge < -0.3 is 34.2 Å². The third kappa shape index (κ3) is 5.73. The molecule has 2 aliphatic rings. The van der Waals surface area contributed by atoms with Crippen molar-refractivity contribution in [2.75, 3.05) is 13.2 Å². The minimum Gasteiger partial charge on any atom is -0.394 e. The van der Waals surface area contributed by atoms with Crippen LogP contribution in [0.1, 0.15) is 12.5 Å². The first-order chi connectivity index (χ1) is 17.4. The van der Waals surface area contributed by atoms with E-state index in [0.717, 1.165) is 33.7 Å². The van der Waals surface area contributed by atoms with E-state index in [1.807, 2.05) is 9.97 Å². The summed E-state index contributed by atoms with van der Waals surface area (Å²) in [5.74, 6) is 0. The van der Waals surface area contributed by atoms with Crippen molar-refractivity contribution in [3.63, 3.8) is 0 Å². The minimum absolute atomic E-state index is 0.669. The largest absolute Gasteiger partial charge is 0.394 e. The maximum absolute atomic E-state index is 15.2. The number of aromatic nitrogens is 4. The number of H-pyrrole nitrogens is 2. The van der Waals surface area contributed by atoms with E-state index in [1.165, 1.54) is 0 Å². The molecule has 2 fully saturated rings. The fraction of sp³-hybridized carbons (Fsp3) is 0.556. The van der Waals surface area contributed by atoms with Crippen molar-refractivity contribution < 1.29 is 43.1 Å². The van der Waals surface area contributed by atoms with E-state index >= 15 is 4.39 Å². The van der Waals surface area contributed by atoms with Gasteiger partial charge in [-0.3, -0.25) is 33.2 Å². The van der Waals surface area contributed by atoms with E-state index in [9.17, 15) is 39.4 Å². The molecular weight excluding hydrogens is 546 g/mol. The predicted octanol–water partition coefficient (Wildman–Crippen LogP) is -3.45. The molecule has 0 radical (unpaired) electrons. The van der Waals surface area contributed by atoms with Crippen LogP contribution in [0.3, 0.4) is 0 Å². The molecule has 16 nitrogen and oxygen atoms in total. The first-order valence-electron chi connectivity index (χ1n) is 10.6. The van der Waals surface area contributed by atoms with E-state index in [0.29, 0.717) is 0 Å². The molecule has 6 N–H and O–H groups in total. The van der Waals surface area contributed by atoms with Crippen LogP contribution in [0.15, 0.2) is 43.7 Å². The third-order valence-corrected chi connectivity index (χ3v) is 7.25. The number of halogens is 1. The summed E-state index contributed by atoms with van der Waals surface area (Å²) in [7, 11) is 0. The lowest BCUT2D eigenvalue weighted by Crippen LogP contribution is -2.37. The first-order valence-corrected chi connectivity index (χ1v) is 13.2. The Balaban J connectivity index is 1.43. The highest BCUT2D eigenvalue weighted by molar-refractivity contribution is 8.07. The highest BCUT2D eigenvalue weighted by Gasteiger charge is 2.50. The van der Waals surface area contributed by atoms with Crippen molar-refractivity contribution in [3.8, 4) is 0 Å². The van der Waals surface area contributed by atoms with Crippen molar-refractivity contribution in [1.29, 1.82) is 0 Å². The SMILES string of the molecule is O=c1ccn([C@@H]2O[C@H](COP(O)(=S)OC3C(F)[C@H](n4ccc(=O)[nH]c4=O)O[C@@H]3CO)C(O)C2O)c(=O)[nH]1. The molecule has 5 unspecified atom stereocenters. The molecule has 0 bridgehead atoms. The van der Waals surface area contributed by atoms with Crippen LogP contribution in [-0.2, 0) is 30.3 Å². The lowest BCUT2D eigenvalue weighted by atomic mass is 10.1. The van der Waals surface area contributed by atoms with Crippen LogP contribution in [0, 0.1) is 0 Å². The topological polar surface area (TPSA) is 228 Å². The highest BCUT2D eigenvalue weighted by Crippen LogP contribution is 2.49. The zero-order valence-electron chi connectivity index (χ0n) is 18.5. The van der Waals surface area contributed by atoms with E-state index in [2.05, 4.69) is 0 Å². The Hall–Kier alpha value is -2.38. The van der Waals surface area contributed by atoms with Gasteiger partial charge in [-0.25, -0.2) is 14.0 Å². The Morgan fingerprint density at radius 2 is 1.51 bits per heavy atom. The molecule has 2 saturated heterocycles. The number of ether oxygens (including phenoxy) is 2. The Morgan fingerprint density at radius 3 is 2.05 bits per heavy atom. The van der Waals surface area contributed by atoms with Gasteiger partial charge in [0.25, 0.3) is 11.1 Å². The van der Waals surface area contributed by atoms with Crippen LogP contribution in [-0.4, -0.2) is 89.2 Å². The van der Waals surface area contributed by atoms with Gasteiger partial charge in [0.05, 0.1) is 13.2 Å². The van der Waals surface area contributed by atoms with Gasteiger partial charge in [-0.05, 0) is 11.8 Å². The van der Waals surface area contributed by atoms with Crippen molar-refractivity contribution in [2.24, 2.45) is 0 Å². The number of rotatable bonds is 8. The highest BCUT2D eigenvalue weighted by atomic mass is 32.5. The number of alkyl halides is 1. The number of aromatic amines is 2. The fourth-order valence-corrected chi connectivity index (χ4v) is 5.33. The number of aliphatic hydroxyl groups is 3. The van der Waals surface area contributed by atoms with Crippen molar-refractivity contribution in [3.05, 3.63) is 66.2 Å². The number of aliphatic hydroxyl groups excluding tert-OH is 3. The standard InChI is InChI=1S/C18H22FN4O12PS/c19-11-14(7(5-24)33-15(11)22-3-1-9(25)20-17(22)29)35-36(31,37)32-6-8-12(27)13(28)16(34-8)23-4-2-10(26)21-18(23)30/h1-4,7-8,11-16,24,27-28H,5-6H2,(H,31,37)(H,20,25,29)(H,21,26,30)/t7-,8-,11?,12?,13?,14?,15-,16-,36?/m1/s1. The molecule has 19 heteroatoms. The van der Waals surface area contributed by atoms with E-state index in [1.54, 1.807) is 0 Å². The van der Waals surface area contributed by atoms with Gasteiger partial charge in [-0.2, -0.15) is 0 Å². The Kier molecular flexibility index (Phi) is 8.05. The average Bonchev–Trinajstić information content (AvgIpc) is 3.28. The maximum Gasteiger partial charge on any atom is 0.330 e. The summed E-state index contributed by atoms with van der Waals surface area (Å²) >= 11 is 4.90. The Labute approximate surface area is 209 Å². The summed E-state index contributed by atoms with van der Waals surface area (Å²) < 4.78 is 37.9. The number of nitrogens with zero attached hydrogens (tertiary/aromatic N) is 2. The lowest BCUT2D eigenvalue weighted by Gasteiger charge is -2.25. The predicted molar refractivity (Wildman–Crippen MR) is 122 cm³/mol. The van der Waals surface area contributed by atoms with Crippen LogP contribution in [0.25, 0.3) is 0 Å². The van der Waals surface area contributed by atoms with Gasteiger partial charge in [0.15, 0.2) is 18.6 Å². The smallest absolute Gasteiger partial charge is 0.330 e. The van der Waals surface area contributed by atoms with Crippen LogP contribution >= 0.6 is 6.72 Å². The molecule has 4 rings (SSSR count). The molecule has 2 aromatic rings. The summed E-state index contributed by atoms with van der Waals surface area (Å²) in [5, 5.41) is 30.1. The summed E-state index contributed by atoms with van der Waals surface area (Å²) in [5.41, 5.74) is -3.32. The third-order valence-electron chi connectivity index (χ3n) is 5.69. The van der Waals surface area contributed by atoms with Gasteiger partial charge in [-0.1, -0.05) is 0 Å². The molecule has 0 spiro atoms. The summed E-state index contributed by atoms with van der Waals surface area (Å²) in [6.45, 7) is -5.76. The van der Waals surface area contributed by atoms with Gasteiger partial charge in [0.2, 0.25) is 0 Å². The molecule has 2 aromatic heterocycles. The Bertz CT molecular complexity index is 1410. The zero-order chi connectivity index (χ0) is 27.1. The van der Waals surface area contributed by atoms with E-state index in [-0.39, 0.29) is 0 Å². The molecule has 4 heterocycles. The molecule has 37 heavy (non-hydrogen) atoms. The van der Waals surface area contributed by atoms with Gasteiger partial charge in [-0.15, -0.1) is 0 Å². The van der Waals surface area contributed by atoms with Crippen LogP contribution in [0.2, 0.25) is 0 Å². The van der Waals surface area contributed by atoms with Crippen LogP contribution in [0.5, 0.6) is 0 Å². The normalized spacial score (nSPS) is 33.4. The van der Waals surface area contributed by atoms with Crippen molar-refractivity contribution in [1.82, 2.24) is 19.1 Å². The Morgan fingerprint density at radius 1 is 0.973 bits per heavy atom. The minimum atomic E-state index is -4.31.